The number of carbonyl (C=O) groups excluding carboxylic acids is 1. The molecule has 70 valence electrons. The molecule has 0 radical (unpaired) electrons. The molecule has 3 nitrogen and oxygen atoms in total. The van der Waals surface area contributed by atoms with Crippen molar-refractivity contribution in [1.29, 1.82) is 0 Å². The molecule has 0 N–H and O–H groups in total. The van der Waals surface area contributed by atoms with Crippen molar-refractivity contribution in [3.63, 3.8) is 0 Å². The Bertz CT molecular complexity index is 151. The van der Waals surface area contributed by atoms with Crippen molar-refractivity contribution < 1.29 is 4.79 Å². The second-order valence-corrected chi connectivity index (χ2v) is 3.62. The van der Waals surface area contributed by atoms with Crippen LogP contribution >= 0.6 is 0 Å². The summed E-state index contributed by atoms with van der Waals surface area (Å²) < 4.78 is 0. The number of hydrogen-bond acceptors (Lipinski definition) is 2. The van der Waals surface area contributed by atoms with Crippen molar-refractivity contribution in [2.24, 2.45) is 0 Å². The lowest BCUT2D eigenvalue weighted by atomic mass is 10.1. The van der Waals surface area contributed by atoms with Crippen LogP contribution in [0.15, 0.2) is 0 Å². The summed E-state index contributed by atoms with van der Waals surface area (Å²) in [5.74, 6) is 0.219. The third-order valence-corrected chi connectivity index (χ3v) is 2.31. The fourth-order valence-corrected chi connectivity index (χ4v) is 1.45. The van der Waals surface area contributed by atoms with E-state index in [1.165, 1.54) is 19.3 Å². The van der Waals surface area contributed by atoms with Gasteiger partial charge in [0.05, 0.1) is 6.54 Å². The van der Waals surface area contributed by atoms with Gasteiger partial charge in [0.2, 0.25) is 5.91 Å². The third kappa shape index (κ3) is 2.81. The zero-order chi connectivity index (χ0) is 8.97. The summed E-state index contributed by atoms with van der Waals surface area (Å²) in [6.45, 7) is 2.80. The minimum absolute atomic E-state index is 0.219. The largest absolute Gasteiger partial charge is 0.348 e. The van der Waals surface area contributed by atoms with Crippen LogP contribution in [-0.4, -0.2) is 49.4 Å². The number of likely N-dealkylation sites (N-methyl/N-ethyl adjacent to an activating group) is 1. The van der Waals surface area contributed by atoms with Crippen molar-refractivity contribution in [1.82, 2.24) is 9.80 Å². The van der Waals surface area contributed by atoms with Crippen molar-refractivity contribution >= 4 is 5.91 Å². The highest BCUT2D eigenvalue weighted by atomic mass is 16.2. The van der Waals surface area contributed by atoms with Crippen molar-refractivity contribution in [3.8, 4) is 0 Å². The van der Waals surface area contributed by atoms with E-state index in [0.29, 0.717) is 6.54 Å². The van der Waals surface area contributed by atoms with Gasteiger partial charge in [-0.15, -0.1) is 0 Å². The van der Waals surface area contributed by atoms with E-state index in [1.807, 2.05) is 14.1 Å². The smallest absolute Gasteiger partial charge is 0.236 e. The number of nitrogens with zero attached hydrogens (tertiary/aromatic N) is 2. The van der Waals surface area contributed by atoms with Crippen LogP contribution in [0.3, 0.4) is 0 Å². The van der Waals surface area contributed by atoms with E-state index in [4.69, 9.17) is 0 Å². The first-order valence-corrected chi connectivity index (χ1v) is 4.62. The molecule has 1 rings (SSSR count). The molecule has 3 heteroatoms. The van der Waals surface area contributed by atoms with Gasteiger partial charge in [-0.3, -0.25) is 9.69 Å². The Morgan fingerprint density at radius 3 is 2.33 bits per heavy atom. The van der Waals surface area contributed by atoms with Gasteiger partial charge in [-0.05, 0) is 25.9 Å². The predicted molar refractivity (Wildman–Crippen MR) is 49.0 cm³/mol. The first-order chi connectivity index (χ1) is 5.70. The molecule has 1 fully saturated rings. The van der Waals surface area contributed by atoms with E-state index >= 15 is 0 Å². The lowest BCUT2D eigenvalue weighted by molar-refractivity contribution is -0.130. The Morgan fingerprint density at radius 1 is 1.25 bits per heavy atom. The molecule has 0 aromatic carbocycles. The summed E-state index contributed by atoms with van der Waals surface area (Å²) in [4.78, 5) is 15.2. The van der Waals surface area contributed by atoms with Crippen molar-refractivity contribution in [3.05, 3.63) is 0 Å². The summed E-state index contributed by atoms with van der Waals surface area (Å²) in [5.41, 5.74) is 0. The molecule has 1 saturated heterocycles. The number of likely N-dealkylation sites (tertiary alicyclic amines) is 1. The SMILES string of the molecule is CN(C)C(=O)CN1CCCCC1. The number of hydrogen-bond donors (Lipinski definition) is 0. The molecule has 12 heavy (non-hydrogen) atoms. The number of piperidine rings is 1. The molecule has 1 heterocycles. The van der Waals surface area contributed by atoms with Gasteiger partial charge in [-0.1, -0.05) is 6.42 Å². The monoisotopic (exact) mass is 170 g/mol. The fraction of sp³-hybridized carbons (Fsp3) is 0.889. The van der Waals surface area contributed by atoms with Gasteiger partial charge < -0.3 is 4.90 Å². The Morgan fingerprint density at radius 2 is 1.83 bits per heavy atom. The van der Waals surface area contributed by atoms with Crippen LogP contribution in [0.4, 0.5) is 0 Å². The molecule has 1 aliphatic heterocycles. The zero-order valence-electron chi connectivity index (χ0n) is 8.05. The van der Waals surface area contributed by atoms with Gasteiger partial charge in [-0.2, -0.15) is 0 Å². The maximum atomic E-state index is 11.3. The molecule has 0 saturated carbocycles. The molecular formula is C9H18N2O. The average molecular weight is 170 g/mol. The molecule has 0 unspecified atom stereocenters. The quantitative estimate of drug-likeness (QED) is 0.604. The van der Waals surface area contributed by atoms with Crippen LogP contribution in [0.5, 0.6) is 0 Å². The summed E-state index contributed by atoms with van der Waals surface area (Å²) >= 11 is 0. The summed E-state index contributed by atoms with van der Waals surface area (Å²) in [5, 5.41) is 0. The van der Waals surface area contributed by atoms with E-state index in [0.717, 1.165) is 13.1 Å². The second kappa shape index (κ2) is 4.45. The van der Waals surface area contributed by atoms with Crippen LogP contribution < -0.4 is 0 Å². The predicted octanol–water partition coefficient (Wildman–Crippen LogP) is 0.560. The maximum absolute atomic E-state index is 11.3. The van der Waals surface area contributed by atoms with E-state index in [-0.39, 0.29) is 5.91 Å². The maximum Gasteiger partial charge on any atom is 0.236 e. The van der Waals surface area contributed by atoms with Crippen LogP contribution in [0, 0.1) is 0 Å². The molecule has 0 bridgehead atoms. The van der Waals surface area contributed by atoms with Gasteiger partial charge in [0.25, 0.3) is 0 Å². The van der Waals surface area contributed by atoms with Crippen molar-refractivity contribution in [2.75, 3.05) is 33.7 Å². The van der Waals surface area contributed by atoms with Crippen LogP contribution in [0.2, 0.25) is 0 Å². The summed E-state index contributed by atoms with van der Waals surface area (Å²) in [6, 6.07) is 0. The highest BCUT2D eigenvalue weighted by molar-refractivity contribution is 5.77. The Labute approximate surface area is 74.3 Å². The highest BCUT2D eigenvalue weighted by Crippen LogP contribution is 2.07. The molecule has 0 atom stereocenters. The highest BCUT2D eigenvalue weighted by Gasteiger charge is 2.14. The van der Waals surface area contributed by atoms with Crippen LogP contribution in [0.25, 0.3) is 0 Å². The molecule has 0 aliphatic carbocycles. The zero-order valence-corrected chi connectivity index (χ0v) is 8.05. The second-order valence-electron chi connectivity index (χ2n) is 3.62. The van der Waals surface area contributed by atoms with Gasteiger partial charge in [-0.25, -0.2) is 0 Å². The van der Waals surface area contributed by atoms with Gasteiger partial charge in [0.1, 0.15) is 0 Å². The minimum atomic E-state index is 0.219. The Balaban J connectivity index is 2.24. The first-order valence-electron chi connectivity index (χ1n) is 4.62. The van der Waals surface area contributed by atoms with E-state index in [9.17, 15) is 4.79 Å². The fourth-order valence-electron chi connectivity index (χ4n) is 1.45. The summed E-state index contributed by atoms with van der Waals surface area (Å²) in [6.07, 6.45) is 3.83. The lowest BCUT2D eigenvalue weighted by Gasteiger charge is -2.26. The molecule has 1 aliphatic rings. The van der Waals surface area contributed by atoms with Crippen molar-refractivity contribution in [2.45, 2.75) is 19.3 Å². The summed E-state index contributed by atoms with van der Waals surface area (Å²) in [7, 11) is 3.62. The minimum Gasteiger partial charge on any atom is -0.348 e. The molecular weight excluding hydrogens is 152 g/mol. The Hall–Kier alpha value is -0.570. The standard InChI is InChI=1S/C9H18N2O/c1-10(2)9(12)8-11-6-4-3-5-7-11/h3-8H2,1-2H3. The van der Waals surface area contributed by atoms with Crippen LogP contribution in [-0.2, 0) is 4.79 Å². The van der Waals surface area contributed by atoms with Gasteiger partial charge in [0.15, 0.2) is 0 Å². The van der Waals surface area contributed by atoms with Gasteiger partial charge >= 0.3 is 0 Å². The number of carbonyl (C=O) groups is 1. The lowest BCUT2D eigenvalue weighted by Crippen LogP contribution is -2.39. The Kier molecular flexibility index (Phi) is 3.53. The van der Waals surface area contributed by atoms with Gasteiger partial charge in [0, 0.05) is 14.1 Å². The molecule has 0 aromatic rings. The normalized spacial score (nSPS) is 19.2. The van der Waals surface area contributed by atoms with Crippen LogP contribution in [0.1, 0.15) is 19.3 Å². The molecule has 0 spiro atoms. The molecule has 1 amide bonds. The van der Waals surface area contributed by atoms with E-state index < -0.39 is 0 Å². The third-order valence-electron chi connectivity index (χ3n) is 2.31. The average Bonchev–Trinajstić information content (AvgIpc) is 2.06. The molecule has 0 aromatic heterocycles. The number of amides is 1. The number of rotatable bonds is 2. The van der Waals surface area contributed by atoms with E-state index in [2.05, 4.69) is 4.90 Å². The topological polar surface area (TPSA) is 23.6 Å². The van der Waals surface area contributed by atoms with E-state index in [1.54, 1.807) is 4.90 Å². The first kappa shape index (κ1) is 9.52.